The van der Waals surface area contributed by atoms with E-state index in [9.17, 15) is 16.8 Å². The first-order chi connectivity index (χ1) is 5.33. The van der Waals surface area contributed by atoms with E-state index in [4.69, 9.17) is 0 Å². The first-order valence-corrected chi connectivity index (χ1v) is 6.74. The number of hydrogen-bond acceptors (Lipinski definition) is 4. The van der Waals surface area contributed by atoms with Crippen molar-refractivity contribution >= 4 is 20.0 Å². The van der Waals surface area contributed by atoms with E-state index in [-0.39, 0.29) is 11.5 Å². The second-order valence-electron chi connectivity index (χ2n) is 2.23. The molecule has 0 spiro atoms. The molecular formula is C5H12NO4S2. The molecule has 1 radical (unpaired) electrons. The molecule has 7 heteroatoms. The van der Waals surface area contributed by atoms with Gasteiger partial charge in [0.1, 0.15) is 0 Å². The lowest BCUT2D eigenvalue weighted by molar-refractivity contribution is 0.575. The van der Waals surface area contributed by atoms with Gasteiger partial charge in [-0.25, -0.2) is 16.8 Å². The third-order valence-electron chi connectivity index (χ3n) is 1.05. The maximum absolute atomic E-state index is 10.9. The van der Waals surface area contributed by atoms with E-state index in [0.717, 1.165) is 0 Å². The monoisotopic (exact) mass is 214 g/mol. The summed E-state index contributed by atoms with van der Waals surface area (Å²) in [7, 11) is -7.53. The Bertz CT molecular complexity index is 315. The molecule has 0 bridgehead atoms. The summed E-state index contributed by atoms with van der Waals surface area (Å²) in [4.78, 5) is 0. The Labute approximate surface area is 73.3 Å². The van der Waals surface area contributed by atoms with Gasteiger partial charge in [-0.05, 0) is 13.3 Å². The molecule has 0 saturated carbocycles. The van der Waals surface area contributed by atoms with E-state index in [0.29, 0.717) is 6.42 Å². The predicted octanol–water partition coefficient (Wildman–Crippen LogP) is -0.320. The molecule has 0 aliphatic carbocycles. The van der Waals surface area contributed by atoms with Crippen LogP contribution < -0.4 is 4.13 Å². The summed E-state index contributed by atoms with van der Waals surface area (Å²) in [6.07, 6.45) is 0.366. The average molecular weight is 214 g/mol. The van der Waals surface area contributed by atoms with Crippen LogP contribution in [0.5, 0.6) is 0 Å². The van der Waals surface area contributed by atoms with Crippen LogP contribution in [0, 0.1) is 0 Å². The Morgan fingerprint density at radius 1 is 1.00 bits per heavy atom. The van der Waals surface area contributed by atoms with E-state index in [1.165, 1.54) is 6.92 Å². The first-order valence-electron chi connectivity index (χ1n) is 3.52. The average Bonchev–Trinajstić information content (AvgIpc) is 1.85. The molecular weight excluding hydrogens is 202 g/mol. The van der Waals surface area contributed by atoms with Gasteiger partial charge in [-0.2, -0.15) is 0 Å². The van der Waals surface area contributed by atoms with Crippen LogP contribution >= 0.6 is 0 Å². The zero-order valence-corrected chi connectivity index (χ0v) is 8.65. The first kappa shape index (κ1) is 11.9. The highest BCUT2D eigenvalue weighted by atomic mass is 32.3. The summed E-state index contributed by atoms with van der Waals surface area (Å²) in [5.74, 6) is -0.498. The van der Waals surface area contributed by atoms with Gasteiger partial charge in [-0.15, -0.1) is 0 Å². The van der Waals surface area contributed by atoms with Crippen molar-refractivity contribution in [2.75, 3.05) is 11.5 Å². The Kier molecular flexibility index (Phi) is 4.15. The van der Waals surface area contributed by atoms with Crippen molar-refractivity contribution in [3.8, 4) is 0 Å². The molecule has 0 heterocycles. The zero-order valence-electron chi connectivity index (χ0n) is 7.02. The van der Waals surface area contributed by atoms with E-state index in [1.54, 1.807) is 6.92 Å². The fraction of sp³-hybridized carbons (Fsp3) is 1.00. The SMILES string of the molecule is CCCS(=O)(=O)[N]S(=O)(=O)CC. The molecule has 12 heavy (non-hydrogen) atoms. The minimum atomic E-state index is -3.76. The molecule has 0 unspecified atom stereocenters. The third kappa shape index (κ3) is 4.68. The van der Waals surface area contributed by atoms with Gasteiger partial charge in [-0.1, -0.05) is 6.92 Å². The van der Waals surface area contributed by atoms with Crippen molar-refractivity contribution in [1.82, 2.24) is 4.13 Å². The van der Waals surface area contributed by atoms with Crippen LogP contribution in [0.15, 0.2) is 0 Å². The van der Waals surface area contributed by atoms with Crippen molar-refractivity contribution < 1.29 is 16.8 Å². The molecule has 0 atom stereocenters. The van der Waals surface area contributed by atoms with E-state index < -0.39 is 20.0 Å². The molecule has 0 fully saturated rings. The topological polar surface area (TPSA) is 82.4 Å². The molecule has 5 nitrogen and oxygen atoms in total. The van der Waals surface area contributed by atoms with Gasteiger partial charge in [0.15, 0.2) is 0 Å². The molecule has 0 rings (SSSR count). The highest BCUT2D eigenvalue weighted by Gasteiger charge is 2.20. The highest BCUT2D eigenvalue weighted by molar-refractivity contribution is 8.04. The van der Waals surface area contributed by atoms with E-state index in [1.807, 2.05) is 0 Å². The summed E-state index contributed by atoms with van der Waals surface area (Å²) < 4.78 is 46.0. The van der Waals surface area contributed by atoms with Crippen LogP contribution in [-0.2, 0) is 20.0 Å². The van der Waals surface area contributed by atoms with Crippen LogP contribution in [0.25, 0.3) is 0 Å². The zero-order chi connectivity index (χ0) is 9.83. The Hall–Kier alpha value is -0.140. The number of rotatable bonds is 5. The summed E-state index contributed by atoms with van der Waals surface area (Å²) >= 11 is 0. The van der Waals surface area contributed by atoms with Crippen LogP contribution in [-0.4, -0.2) is 28.3 Å². The van der Waals surface area contributed by atoms with Gasteiger partial charge in [0.25, 0.3) is 0 Å². The molecule has 0 amide bonds. The smallest absolute Gasteiger partial charge is 0.210 e. The molecule has 0 aliphatic rings. The van der Waals surface area contributed by atoms with Crippen molar-refractivity contribution in [2.24, 2.45) is 0 Å². The van der Waals surface area contributed by atoms with Gasteiger partial charge in [-0.3, -0.25) is 0 Å². The van der Waals surface area contributed by atoms with Crippen LogP contribution in [0.3, 0.4) is 0 Å². The minimum Gasteiger partial charge on any atom is -0.210 e. The van der Waals surface area contributed by atoms with E-state index in [2.05, 4.69) is 4.13 Å². The maximum Gasteiger partial charge on any atom is 0.242 e. The summed E-state index contributed by atoms with van der Waals surface area (Å²) in [5, 5.41) is 0. The maximum atomic E-state index is 10.9. The molecule has 0 aromatic carbocycles. The van der Waals surface area contributed by atoms with Crippen molar-refractivity contribution in [2.45, 2.75) is 20.3 Å². The number of nitrogens with zero attached hydrogens (tertiary/aromatic N) is 1. The van der Waals surface area contributed by atoms with E-state index >= 15 is 0 Å². The number of hydrogen-bond donors (Lipinski definition) is 0. The second kappa shape index (κ2) is 4.20. The summed E-state index contributed by atoms with van der Waals surface area (Å²) in [6.45, 7) is 2.99. The van der Waals surface area contributed by atoms with Gasteiger partial charge in [0.2, 0.25) is 20.0 Å². The van der Waals surface area contributed by atoms with Crippen molar-refractivity contribution in [3.63, 3.8) is 0 Å². The van der Waals surface area contributed by atoms with Gasteiger partial charge in [0.05, 0.1) is 11.5 Å². The van der Waals surface area contributed by atoms with Gasteiger partial charge in [0, 0.05) is 4.13 Å². The lowest BCUT2D eigenvalue weighted by Gasteiger charge is -2.00. The van der Waals surface area contributed by atoms with Gasteiger partial charge >= 0.3 is 0 Å². The summed E-state index contributed by atoms with van der Waals surface area (Å²) in [5.41, 5.74) is 0. The van der Waals surface area contributed by atoms with Crippen molar-refractivity contribution in [1.29, 1.82) is 0 Å². The van der Waals surface area contributed by atoms with Crippen LogP contribution in [0.2, 0.25) is 0 Å². The number of sulfonamides is 2. The Morgan fingerprint density at radius 2 is 1.50 bits per heavy atom. The molecule has 73 valence electrons. The quantitative estimate of drug-likeness (QED) is 0.628. The lowest BCUT2D eigenvalue weighted by Crippen LogP contribution is -2.26. The molecule has 0 saturated heterocycles. The fourth-order valence-electron chi connectivity index (χ4n) is 0.521. The Morgan fingerprint density at radius 3 is 1.83 bits per heavy atom. The largest absolute Gasteiger partial charge is 0.242 e. The normalized spacial score (nSPS) is 13.2. The van der Waals surface area contributed by atoms with Crippen molar-refractivity contribution in [3.05, 3.63) is 0 Å². The fourth-order valence-corrected chi connectivity index (χ4v) is 3.14. The molecule has 0 aromatic heterocycles. The van der Waals surface area contributed by atoms with Crippen LogP contribution in [0.1, 0.15) is 20.3 Å². The Balaban J connectivity index is 4.47. The summed E-state index contributed by atoms with van der Waals surface area (Å²) in [6, 6.07) is 0. The molecule has 0 aliphatic heterocycles. The lowest BCUT2D eigenvalue weighted by atomic mass is 10.6. The predicted molar refractivity (Wildman–Crippen MR) is 45.7 cm³/mol. The molecule has 0 aromatic rings. The minimum absolute atomic E-state index is 0.216. The highest BCUT2D eigenvalue weighted by Crippen LogP contribution is 1.95. The molecule has 0 N–H and O–H groups in total. The van der Waals surface area contributed by atoms with Gasteiger partial charge < -0.3 is 0 Å². The van der Waals surface area contributed by atoms with Crippen LogP contribution in [0.4, 0.5) is 0 Å². The third-order valence-corrected chi connectivity index (χ3v) is 4.52. The standard InChI is InChI=1S/C5H12NO4S2/c1-3-5-12(9,10)6-11(7,8)4-2/h3-5H2,1-2H3. The second-order valence-corrected chi connectivity index (χ2v) is 6.14.